The summed E-state index contributed by atoms with van der Waals surface area (Å²) in [6.45, 7) is 4.88. The predicted octanol–water partition coefficient (Wildman–Crippen LogP) is 0.720. The van der Waals surface area contributed by atoms with Gasteiger partial charge in [-0.25, -0.2) is 4.79 Å². The maximum absolute atomic E-state index is 10.9. The van der Waals surface area contributed by atoms with Crippen LogP contribution in [0.25, 0.3) is 0 Å². The van der Waals surface area contributed by atoms with Crippen LogP contribution in [0.3, 0.4) is 0 Å². The minimum Gasteiger partial charge on any atom is -0.474 e. The fraction of sp³-hybridized carbons (Fsp3) is 0.750. The maximum Gasteiger partial charge on any atom is 0.394 e. The minimum atomic E-state index is -1.36. The monoisotopic (exact) mass is 173 g/mol. The summed E-state index contributed by atoms with van der Waals surface area (Å²) in [5.41, 5.74) is 0. The molecule has 0 bridgehead atoms. The van der Waals surface area contributed by atoms with Crippen molar-refractivity contribution in [2.45, 2.75) is 26.7 Å². The Morgan fingerprint density at radius 2 is 1.58 bits per heavy atom. The number of carbonyl (C=O) groups is 2. The van der Waals surface area contributed by atoms with Gasteiger partial charge in [-0.1, -0.05) is 13.8 Å². The smallest absolute Gasteiger partial charge is 0.394 e. The number of carboxylic acids is 1. The van der Waals surface area contributed by atoms with Crippen LogP contribution in [0, 0.1) is 0 Å². The lowest BCUT2D eigenvalue weighted by molar-refractivity contribution is -0.155. The molecule has 4 heteroatoms. The SMILES string of the molecule is CCCN(CCC)C(=O)C(=O)O. The first-order valence-corrected chi connectivity index (χ1v) is 4.15. The Bertz CT molecular complexity index is 162. The van der Waals surface area contributed by atoms with E-state index < -0.39 is 11.9 Å². The van der Waals surface area contributed by atoms with Crippen molar-refractivity contribution in [3.05, 3.63) is 0 Å². The molecule has 0 aliphatic heterocycles. The highest BCUT2D eigenvalue weighted by Gasteiger charge is 2.18. The highest BCUT2D eigenvalue weighted by molar-refractivity contribution is 6.31. The molecule has 4 nitrogen and oxygen atoms in total. The van der Waals surface area contributed by atoms with E-state index in [4.69, 9.17) is 5.11 Å². The standard InChI is InChI=1S/C8H15NO3/c1-3-5-9(6-4-2)7(10)8(11)12/h3-6H2,1-2H3,(H,11,12). The number of hydrogen-bond donors (Lipinski definition) is 1. The van der Waals surface area contributed by atoms with Crippen LogP contribution in [0.15, 0.2) is 0 Å². The first-order valence-electron chi connectivity index (χ1n) is 4.15. The van der Waals surface area contributed by atoms with Gasteiger partial charge in [0.25, 0.3) is 0 Å². The van der Waals surface area contributed by atoms with Crippen LogP contribution >= 0.6 is 0 Å². The largest absolute Gasteiger partial charge is 0.474 e. The number of amides is 1. The molecule has 12 heavy (non-hydrogen) atoms. The summed E-state index contributed by atoms with van der Waals surface area (Å²) >= 11 is 0. The zero-order chi connectivity index (χ0) is 9.56. The van der Waals surface area contributed by atoms with E-state index in [0.717, 1.165) is 12.8 Å². The van der Waals surface area contributed by atoms with Crippen molar-refractivity contribution in [2.75, 3.05) is 13.1 Å². The molecule has 0 saturated heterocycles. The van der Waals surface area contributed by atoms with E-state index in [9.17, 15) is 9.59 Å². The third kappa shape index (κ3) is 3.37. The van der Waals surface area contributed by atoms with E-state index in [-0.39, 0.29) is 0 Å². The van der Waals surface area contributed by atoms with Crippen molar-refractivity contribution in [3.63, 3.8) is 0 Å². The van der Waals surface area contributed by atoms with Gasteiger partial charge in [0.05, 0.1) is 0 Å². The Balaban J connectivity index is 4.08. The van der Waals surface area contributed by atoms with E-state index >= 15 is 0 Å². The van der Waals surface area contributed by atoms with Gasteiger partial charge < -0.3 is 10.0 Å². The number of carboxylic acid groups (broad SMARTS) is 1. The molecule has 0 saturated carbocycles. The molecule has 0 rings (SSSR count). The number of rotatable bonds is 4. The molecule has 1 N–H and O–H groups in total. The Kier molecular flexibility index (Phi) is 5.08. The molecule has 0 aromatic heterocycles. The normalized spacial score (nSPS) is 9.50. The molecule has 0 heterocycles. The molecule has 0 atom stereocenters. The zero-order valence-electron chi connectivity index (χ0n) is 7.54. The van der Waals surface area contributed by atoms with Gasteiger partial charge in [-0.2, -0.15) is 0 Å². The van der Waals surface area contributed by atoms with Crippen LogP contribution in [0.4, 0.5) is 0 Å². The molecule has 0 aromatic carbocycles. The molecule has 70 valence electrons. The second-order valence-electron chi connectivity index (χ2n) is 2.60. The van der Waals surface area contributed by atoms with Crippen LogP contribution in [-0.2, 0) is 9.59 Å². The van der Waals surface area contributed by atoms with Gasteiger partial charge in [0, 0.05) is 13.1 Å². The molecule has 0 spiro atoms. The Hall–Kier alpha value is -1.06. The van der Waals surface area contributed by atoms with Crippen LogP contribution in [0.2, 0.25) is 0 Å². The number of nitrogens with zero attached hydrogens (tertiary/aromatic N) is 1. The molecule has 0 aromatic rings. The molecule has 0 unspecified atom stereocenters. The summed E-state index contributed by atoms with van der Waals surface area (Å²) in [5.74, 6) is -2.16. The van der Waals surface area contributed by atoms with E-state index in [2.05, 4.69) is 0 Å². The second-order valence-corrected chi connectivity index (χ2v) is 2.60. The van der Waals surface area contributed by atoms with Gasteiger partial charge >= 0.3 is 11.9 Å². The van der Waals surface area contributed by atoms with E-state index in [0.29, 0.717) is 13.1 Å². The summed E-state index contributed by atoms with van der Waals surface area (Å²) in [6.07, 6.45) is 1.58. The predicted molar refractivity (Wildman–Crippen MR) is 44.8 cm³/mol. The zero-order valence-corrected chi connectivity index (χ0v) is 7.54. The molecule has 0 aliphatic carbocycles. The van der Waals surface area contributed by atoms with Gasteiger partial charge in [-0.15, -0.1) is 0 Å². The lowest BCUT2D eigenvalue weighted by Crippen LogP contribution is -2.37. The van der Waals surface area contributed by atoms with Gasteiger partial charge in [0.2, 0.25) is 0 Å². The summed E-state index contributed by atoms with van der Waals surface area (Å²) in [6, 6.07) is 0. The van der Waals surface area contributed by atoms with Crippen molar-refractivity contribution in [2.24, 2.45) is 0 Å². The first kappa shape index (κ1) is 10.9. The molecular weight excluding hydrogens is 158 g/mol. The average Bonchev–Trinajstić information content (AvgIpc) is 2.03. The number of hydrogen-bond acceptors (Lipinski definition) is 2. The molecule has 0 fully saturated rings. The van der Waals surface area contributed by atoms with Gasteiger partial charge in [-0.05, 0) is 12.8 Å². The third-order valence-corrected chi connectivity index (χ3v) is 1.46. The van der Waals surface area contributed by atoms with Gasteiger partial charge in [0.15, 0.2) is 0 Å². The van der Waals surface area contributed by atoms with Crippen LogP contribution in [0.1, 0.15) is 26.7 Å². The second kappa shape index (κ2) is 5.57. The number of aliphatic carboxylic acids is 1. The molecular formula is C8H15NO3. The van der Waals surface area contributed by atoms with Crippen molar-refractivity contribution < 1.29 is 14.7 Å². The quantitative estimate of drug-likeness (QED) is 0.637. The Morgan fingerprint density at radius 3 is 1.83 bits per heavy atom. The minimum absolute atomic E-state index is 0.527. The molecule has 0 aliphatic rings. The molecule has 0 radical (unpaired) electrons. The first-order chi connectivity index (χ1) is 5.63. The lowest BCUT2D eigenvalue weighted by Gasteiger charge is -2.18. The van der Waals surface area contributed by atoms with Crippen molar-refractivity contribution >= 4 is 11.9 Å². The fourth-order valence-corrected chi connectivity index (χ4v) is 0.990. The highest BCUT2D eigenvalue weighted by atomic mass is 16.4. The van der Waals surface area contributed by atoms with E-state index in [1.54, 1.807) is 0 Å². The van der Waals surface area contributed by atoms with Crippen LogP contribution in [0.5, 0.6) is 0 Å². The van der Waals surface area contributed by atoms with Crippen molar-refractivity contribution in [1.82, 2.24) is 4.90 Å². The summed E-state index contributed by atoms with van der Waals surface area (Å²) in [7, 11) is 0. The fourth-order valence-electron chi connectivity index (χ4n) is 0.990. The highest BCUT2D eigenvalue weighted by Crippen LogP contribution is 1.94. The molecule has 1 amide bonds. The topological polar surface area (TPSA) is 57.6 Å². The van der Waals surface area contributed by atoms with Crippen LogP contribution < -0.4 is 0 Å². The van der Waals surface area contributed by atoms with Gasteiger partial charge in [0.1, 0.15) is 0 Å². The summed E-state index contributed by atoms with van der Waals surface area (Å²) in [5, 5.41) is 8.41. The lowest BCUT2D eigenvalue weighted by atomic mass is 10.3. The maximum atomic E-state index is 10.9. The van der Waals surface area contributed by atoms with E-state index in [1.165, 1.54) is 4.90 Å². The van der Waals surface area contributed by atoms with Crippen molar-refractivity contribution in [1.29, 1.82) is 0 Å². The summed E-state index contributed by atoms with van der Waals surface area (Å²) in [4.78, 5) is 22.6. The van der Waals surface area contributed by atoms with Gasteiger partial charge in [-0.3, -0.25) is 4.79 Å². The Labute approximate surface area is 72.2 Å². The Morgan fingerprint density at radius 1 is 1.17 bits per heavy atom. The summed E-state index contributed by atoms with van der Waals surface area (Å²) < 4.78 is 0. The van der Waals surface area contributed by atoms with Crippen LogP contribution in [-0.4, -0.2) is 35.0 Å². The average molecular weight is 173 g/mol. The van der Waals surface area contributed by atoms with E-state index in [1.807, 2.05) is 13.8 Å². The number of carbonyl (C=O) groups excluding carboxylic acids is 1. The third-order valence-electron chi connectivity index (χ3n) is 1.46. The van der Waals surface area contributed by atoms with Crippen molar-refractivity contribution in [3.8, 4) is 0 Å².